The average molecular weight is 438 g/mol. The summed E-state index contributed by atoms with van der Waals surface area (Å²) in [7, 11) is -3.79. The summed E-state index contributed by atoms with van der Waals surface area (Å²) in [6, 6.07) is 10.4. The first-order valence-electron chi connectivity index (χ1n) is 5.61. The molecule has 0 fully saturated rings. The van der Waals surface area contributed by atoms with E-state index in [0.717, 1.165) is 0 Å². The normalized spacial score (nSPS) is 11.1. The van der Waals surface area contributed by atoms with Crippen molar-refractivity contribution in [2.24, 2.45) is 0 Å². The Balaban J connectivity index is 2.40. The molecule has 0 atom stereocenters. The molecule has 0 aliphatic heterocycles. The number of hydrogen-bond acceptors (Lipinski definition) is 3. The molecule has 0 amide bonds. The predicted octanol–water partition coefficient (Wildman–Crippen LogP) is 3.44. The van der Waals surface area contributed by atoms with E-state index in [-0.39, 0.29) is 21.2 Å². The fourth-order valence-electron chi connectivity index (χ4n) is 1.63. The van der Waals surface area contributed by atoms with Crippen molar-refractivity contribution in [1.29, 1.82) is 0 Å². The summed E-state index contributed by atoms with van der Waals surface area (Å²) in [6.07, 6.45) is 0. The summed E-state index contributed by atoms with van der Waals surface area (Å²) in [4.78, 5) is 11.1. The number of aromatic carboxylic acids is 1. The number of carboxylic acids is 1. The Morgan fingerprint density at radius 3 is 2.48 bits per heavy atom. The van der Waals surface area contributed by atoms with E-state index in [4.69, 9.17) is 16.7 Å². The number of carboxylic acid groups (broad SMARTS) is 1. The monoisotopic (exact) mass is 437 g/mol. The fraction of sp³-hybridized carbons (Fsp3) is 0. The highest BCUT2D eigenvalue weighted by atomic mass is 127. The zero-order chi connectivity index (χ0) is 15.6. The fourth-order valence-corrected chi connectivity index (χ4v) is 4.21. The van der Waals surface area contributed by atoms with Crippen LogP contribution in [-0.2, 0) is 10.0 Å². The van der Waals surface area contributed by atoms with Crippen molar-refractivity contribution in [2.45, 2.75) is 4.90 Å². The van der Waals surface area contributed by atoms with E-state index in [2.05, 4.69) is 4.72 Å². The summed E-state index contributed by atoms with van der Waals surface area (Å²) in [5.74, 6) is -1.23. The van der Waals surface area contributed by atoms with Gasteiger partial charge in [-0.15, -0.1) is 0 Å². The van der Waals surface area contributed by atoms with Crippen molar-refractivity contribution in [3.8, 4) is 0 Å². The highest BCUT2D eigenvalue weighted by Gasteiger charge is 2.18. The van der Waals surface area contributed by atoms with Crippen molar-refractivity contribution in [3.05, 3.63) is 56.6 Å². The standard InChI is InChI=1S/C13H9ClINO4S/c14-10-6-5-8(7-9(10)13(17)18)16-21(19,20)12-4-2-1-3-11(12)15/h1-7,16H,(H,17,18). The Kier molecular flexibility index (Phi) is 4.74. The average Bonchev–Trinajstić information content (AvgIpc) is 2.40. The van der Waals surface area contributed by atoms with Gasteiger partial charge in [0.2, 0.25) is 0 Å². The maximum atomic E-state index is 12.3. The molecule has 2 rings (SSSR count). The van der Waals surface area contributed by atoms with Crippen LogP contribution in [-0.4, -0.2) is 19.5 Å². The molecule has 0 unspecified atom stereocenters. The molecule has 2 aromatic carbocycles. The molecule has 2 aromatic rings. The smallest absolute Gasteiger partial charge is 0.337 e. The van der Waals surface area contributed by atoms with Gasteiger partial charge in [0.15, 0.2) is 0 Å². The summed E-state index contributed by atoms with van der Waals surface area (Å²) >= 11 is 7.66. The second kappa shape index (κ2) is 6.20. The Labute approximate surface area is 140 Å². The van der Waals surface area contributed by atoms with Crippen molar-refractivity contribution in [3.63, 3.8) is 0 Å². The maximum Gasteiger partial charge on any atom is 0.337 e. The lowest BCUT2D eigenvalue weighted by Crippen LogP contribution is -2.14. The van der Waals surface area contributed by atoms with Crippen LogP contribution in [0.3, 0.4) is 0 Å². The third-order valence-electron chi connectivity index (χ3n) is 2.58. The van der Waals surface area contributed by atoms with Crippen molar-refractivity contribution < 1.29 is 18.3 Å². The minimum atomic E-state index is -3.79. The van der Waals surface area contributed by atoms with Crippen LogP contribution in [0.15, 0.2) is 47.4 Å². The number of nitrogens with one attached hydrogen (secondary N) is 1. The van der Waals surface area contributed by atoms with Crippen molar-refractivity contribution in [2.75, 3.05) is 4.72 Å². The van der Waals surface area contributed by atoms with Gasteiger partial charge in [-0.25, -0.2) is 13.2 Å². The van der Waals surface area contributed by atoms with Gasteiger partial charge in [-0.05, 0) is 52.9 Å². The molecule has 110 valence electrons. The van der Waals surface area contributed by atoms with E-state index in [0.29, 0.717) is 3.57 Å². The first-order chi connectivity index (χ1) is 9.81. The van der Waals surface area contributed by atoms with Gasteiger partial charge in [0.05, 0.1) is 10.6 Å². The van der Waals surface area contributed by atoms with Crippen LogP contribution in [0.2, 0.25) is 5.02 Å². The molecule has 0 saturated heterocycles. The molecule has 0 saturated carbocycles. The highest BCUT2D eigenvalue weighted by molar-refractivity contribution is 14.1. The number of carbonyl (C=O) groups is 1. The number of sulfonamides is 1. The lowest BCUT2D eigenvalue weighted by molar-refractivity contribution is 0.0697. The molecule has 0 bridgehead atoms. The number of hydrogen-bond donors (Lipinski definition) is 2. The van der Waals surface area contributed by atoms with E-state index >= 15 is 0 Å². The second-order valence-electron chi connectivity index (χ2n) is 4.04. The third kappa shape index (κ3) is 3.66. The summed E-state index contributed by atoms with van der Waals surface area (Å²) in [5.41, 5.74) is -0.0314. The minimum Gasteiger partial charge on any atom is -0.478 e. The maximum absolute atomic E-state index is 12.3. The van der Waals surface area contributed by atoms with Crippen LogP contribution in [0, 0.1) is 3.57 Å². The van der Waals surface area contributed by atoms with Gasteiger partial charge in [-0.2, -0.15) is 0 Å². The van der Waals surface area contributed by atoms with Crippen LogP contribution in [0.1, 0.15) is 10.4 Å². The molecule has 0 heterocycles. The Morgan fingerprint density at radius 1 is 1.19 bits per heavy atom. The Morgan fingerprint density at radius 2 is 1.86 bits per heavy atom. The van der Waals surface area contributed by atoms with E-state index in [9.17, 15) is 13.2 Å². The molecule has 0 aliphatic carbocycles. The SMILES string of the molecule is O=C(O)c1cc(NS(=O)(=O)c2ccccc2I)ccc1Cl. The van der Waals surface area contributed by atoms with Gasteiger partial charge in [-0.1, -0.05) is 23.7 Å². The molecule has 0 aliphatic rings. The van der Waals surface area contributed by atoms with Crippen LogP contribution in [0.25, 0.3) is 0 Å². The molecular weight excluding hydrogens is 429 g/mol. The Hall–Kier alpha value is -1.32. The van der Waals surface area contributed by atoms with E-state index < -0.39 is 16.0 Å². The lowest BCUT2D eigenvalue weighted by atomic mass is 10.2. The third-order valence-corrected chi connectivity index (χ3v) is 5.65. The molecule has 0 aromatic heterocycles. The minimum absolute atomic E-state index is 0.0414. The number of anilines is 1. The molecular formula is C13H9ClINO4S. The zero-order valence-corrected chi connectivity index (χ0v) is 14.1. The first-order valence-corrected chi connectivity index (χ1v) is 8.55. The molecule has 8 heteroatoms. The molecule has 5 nitrogen and oxygen atoms in total. The van der Waals surface area contributed by atoms with E-state index in [1.807, 2.05) is 22.6 Å². The van der Waals surface area contributed by atoms with Gasteiger partial charge < -0.3 is 5.11 Å². The first kappa shape index (κ1) is 16.1. The van der Waals surface area contributed by atoms with Gasteiger partial charge >= 0.3 is 5.97 Å². The van der Waals surface area contributed by atoms with Crippen LogP contribution >= 0.6 is 34.2 Å². The summed E-state index contributed by atoms with van der Waals surface area (Å²) in [6.45, 7) is 0. The van der Waals surface area contributed by atoms with Crippen LogP contribution in [0.4, 0.5) is 5.69 Å². The lowest BCUT2D eigenvalue weighted by Gasteiger charge is -2.10. The summed E-state index contributed by atoms with van der Waals surface area (Å²) < 4.78 is 27.5. The largest absolute Gasteiger partial charge is 0.478 e. The number of halogens is 2. The van der Waals surface area contributed by atoms with Gasteiger partial charge in [-0.3, -0.25) is 4.72 Å². The quantitative estimate of drug-likeness (QED) is 0.718. The van der Waals surface area contributed by atoms with E-state index in [1.54, 1.807) is 18.2 Å². The van der Waals surface area contributed by atoms with Crippen molar-refractivity contribution >= 4 is 55.9 Å². The predicted molar refractivity (Wildman–Crippen MR) is 88.4 cm³/mol. The summed E-state index contributed by atoms with van der Waals surface area (Å²) in [5, 5.41) is 9.03. The van der Waals surface area contributed by atoms with Crippen LogP contribution < -0.4 is 4.72 Å². The Bertz CT molecular complexity index is 808. The molecule has 21 heavy (non-hydrogen) atoms. The molecule has 2 N–H and O–H groups in total. The van der Waals surface area contributed by atoms with Crippen molar-refractivity contribution in [1.82, 2.24) is 0 Å². The van der Waals surface area contributed by atoms with Gasteiger partial charge in [0.25, 0.3) is 10.0 Å². The highest BCUT2D eigenvalue weighted by Crippen LogP contribution is 2.24. The van der Waals surface area contributed by atoms with Gasteiger partial charge in [0, 0.05) is 9.26 Å². The topological polar surface area (TPSA) is 83.5 Å². The van der Waals surface area contributed by atoms with Gasteiger partial charge in [0.1, 0.15) is 4.90 Å². The molecule has 0 spiro atoms. The molecule has 0 radical (unpaired) electrons. The number of rotatable bonds is 4. The van der Waals surface area contributed by atoms with E-state index in [1.165, 1.54) is 24.3 Å². The van der Waals surface area contributed by atoms with Crippen LogP contribution in [0.5, 0.6) is 0 Å². The second-order valence-corrected chi connectivity index (χ2v) is 7.26. The number of benzene rings is 2. The zero-order valence-electron chi connectivity index (χ0n) is 10.4.